The van der Waals surface area contributed by atoms with Crippen LogP contribution >= 0.6 is 0 Å². The number of hydrogen-bond donors (Lipinski definition) is 2. The number of alkyl halides is 3. The molecule has 0 spiro atoms. The molecule has 0 aliphatic carbocycles. The third-order valence-electron chi connectivity index (χ3n) is 2.09. The van der Waals surface area contributed by atoms with E-state index < -0.39 is 21.7 Å². The molecule has 0 heterocycles. The highest BCUT2D eigenvalue weighted by Gasteiger charge is 2.44. The van der Waals surface area contributed by atoms with E-state index >= 15 is 0 Å². The SMILES string of the molecule is COC(=O)C(N)Cc1ccccc1.O=S(=O)(O)C(F)(F)F. The van der Waals surface area contributed by atoms with E-state index in [0.717, 1.165) is 5.56 Å². The minimum Gasteiger partial charge on any atom is -0.468 e. The van der Waals surface area contributed by atoms with Crippen LogP contribution in [0.3, 0.4) is 0 Å². The summed E-state index contributed by atoms with van der Waals surface area (Å²) in [5, 5.41) is 0. The Morgan fingerprint density at radius 3 is 2.10 bits per heavy atom. The standard InChI is InChI=1S/C10H13NO2.CHF3O3S/c1-13-10(12)9(11)7-8-5-3-2-4-6-8;2-1(3,4)8(5,6)7/h2-6,9H,7,11H2,1H3;(H,5,6,7). The summed E-state index contributed by atoms with van der Waals surface area (Å²) in [6.45, 7) is 0. The Hall–Kier alpha value is -1.65. The highest BCUT2D eigenvalue weighted by molar-refractivity contribution is 7.86. The van der Waals surface area contributed by atoms with E-state index in [0.29, 0.717) is 6.42 Å². The van der Waals surface area contributed by atoms with Crippen molar-refractivity contribution in [1.82, 2.24) is 0 Å². The molecule has 10 heteroatoms. The van der Waals surface area contributed by atoms with E-state index in [2.05, 4.69) is 4.74 Å². The Morgan fingerprint density at radius 1 is 1.33 bits per heavy atom. The summed E-state index contributed by atoms with van der Waals surface area (Å²) in [5.41, 5.74) is 1.09. The molecule has 21 heavy (non-hydrogen) atoms. The van der Waals surface area contributed by atoms with Crippen molar-refractivity contribution in [3.8, 4) is 0 Å². The third-order valence-corrected chi connectivity index (χ3v) is 2.68. The Morgan fingerprint density at radius 2 is 1.76 bits per heavy atom. The maximum absolute atomic E-state index is 11.0. The number of carbonyl (C=O) groups excluding carboxylic acids is 1. The zero-order valence-corrected chi connectivity index (χ0v) is 11.7. The first kappa shape index (κ1) is 19.4. The van der Waals surface area contributed by atoms with Crippen molar-refractivity contribution in [3.63, 3.8) is 0 Å². The Balaban J connectivity index is 0.000000433. The minimum atomic E-state index is -5.84. The van der Waals surface area contributed by atoms with Gasteiger partial charge in [-0.1, -0.05) is 30.3 Å². The molecule has 3 N–H and O–H groups in total. The zero-order chi connectivity index (χ0) is 16.7. The van der Waals surface area contributed by atoms with Crippen LogP contribution in [-0.2, 0) is 26.1 Å². The lowest BCUT2D eigenvalue weighted by Gasteiger charge is -2.08. The highest BCUT2D eigenvalue weighted by atomic mass is 32.2. The molecule has 0 amide bonds. The van der Waals surface area contributed by atoms with Crippen LogP contribution in [-0.4, -0.2) is 37.6 Å². The van der Waals surface area contributed by atoms with Gasteiger partial charge in [-0.3, -0.25) is 9.35 Å². The van der Waals surface area contributed by atoms with Crippen molar-refractivity contribution in [2.75, 3.05) is 7.11 Å². The second kappa shape index (κ2) is 7.96. The average molecular weight is 329 g/mol. The van der Waals surface area contributed by atoms with Crippen molar-refractivity contribution >= 4 is 16.1 Å². The molecule has 1 unspecified atom stereocenters. The van der Waals surface area contributed by atoms with Gasteiger partial charge >= 0.3 is 21.6 Å². The number of nitrogens with two attached hydrogens (primary N) is 1. The molecule has 0 aliphatic rings. The van der Waals surface area contributed by atoms with Gasteiger partial charge in [0.15, 0.2) is 0 Å². The van der Waals surface area contributed by atoms with E-state index in [1.54, 1.807) is 0 Å². The van der Waals surface area contributed by atoms with Crippen LogP contribution < -0.4 is 5.73 Å². The van der Waals surface area contributed by atoms with Gasteiger partial charge in [0.25, 0.3) is 0 Å². The number of methoxy groups -OCH3 is 1. The summed E-state index contributed by atoms with van der Waals surface area (Å²) in [7, 11) is -4.50. The smallest absolute Gasteiger partial charge is 0.468 e. The van der Waals surface area contributed by atoms with Crippen LogP contribution in [0.5, 0.6) is 0 Å². The average Bonchev–Trinajstić information content (AvgIpc) is 2.37. The van der Waals surface area contributed by atoms with E-state index in [4.69, 9.17) is 18.7 Å². The second-order valence-electron chi connectivity index (χ2n) is 3.74. The molecule has 120 valence electrons. The fraction of sp³-hybridized carbons (Fsp3) is 0.364. The van der Waals surface area contributed by atoms with Gasteiger partial charge in [0.05, 0.1) is 7.11 Å². The largest absolute Gasteiger partial charge is 0.522 e. The second-order valence-corrected chi connectivity index (χ2v) is 5.15. The summed E-state index contributed by atoms with van der Waals surface area (Å²) >= 11 is 0. The topological polar surface area (TPSA) is 107 Å². The first-order valence-electron chi connectivity index (χ1n) is 5.40. The van der Waals surface area contributed by atoms with Gasteiger partial charge in [0.2, 0.25) is 0 Å². The predicted molar refractivity (Wildman–Crippen MR) is 67.7 cm³/mol. The summed E-state index contributed by atoms with van der Waals surface area (Å²) in [5.74, 6) is -0.371. The molecular weight excluding hydrogens is 315 g/mol. The van der Waals surface area contributed by atoms with E-state index in [1.165, 1.54) is 7.11 Å². The van der Waals surface area contributed by atoms with Gasteiger partial charge in [0, 0.05) is 0 Å². The Labute approximate surface area is 119 Å². The van der Waals surface area contributed by atoms with Crippen LogP contribution in [0.1, 0.15) is 5.56 Å². The molecule has 1 aromatic rings. The highest BCUT2D eigenvalue weighted by Crippen LogP contribution is 2.20. The molecule has 1 aromatic carbocycles. The van der Waals surface area contributed by atoms with Crippen LogP contribution in [0.15, 0.2) is 30.3 Å². The Kier molecular flexibility index (Phi) is 7.33. The molecule has 1 rings (SSSR count). The molecule has 0 aromatic heterocycles. The van der Waals surface area contributed by atoms with Crippen LogP contribution in [0.25, 0.3) is 0 Å². The monoisotopic (exact) mass is 329 g/mol. The van der Waals surface area contributed by atoms with Crippen molar-refractivity contribution < 1.29 is 35.7 Å². The number of ether oxygens (including phenoxy) is 1. The minimum absolute atomic E-state index is 0.371. The molecule has 0 bridgehead atoms. The number of rotatable bonds is 3. The first-order valence-corrected chi connectivity index (χ1v) is 6.84. The van der Waals surface area contributed by atoms with Crippen LogP contribution in [0.2, 0.25) is 0 Å². The van der Waals surface area contributed by atoms with Crippen LogP contribution in [0, 0.1) is 0 Å². The lowest BCUT2D eigenvalue weighted by Crippen LogP contribution is -2.33. The number of halogens is 3. The van der Waals surface area contributed by atoms with Crippen molar-refractivity contribution in [1.29, 1.82) is 0 Å². The normalized spacial score (nSPS) is 12.9. The lowest BCUT2D eigenvalue weighted by atomic mass is 10.1. The fourth-order valence-electron chi connectivity index (χ4n) is 1.10. The number of hydrogen-bond acceptors (Lipinski definition) is 5. The van der Waals surface area contributed by atoms with E-state index in [1.807, 2.05) is 30.3 Å². The zero-order valence-electron chi connectivity index (χ0n) is 10.9. The van der Waals surface area contributed by atoms with E-state index in [9.17, 15) is 18.0 Å². The lowest BCUT2D eigenvalue weighted by molar-refractivity contribution is -0.142. The van der Waals surface area contributed by atoms with Crippen molar-refractivity contribution in [2.24, 2.45) is 5.73 Å². The molecule has 0 saturated carbocycles. The molecule has 0 radical (unpaired) electrons. The number of carbonyl (C=O) groups is 1. The molecule has 6 nitrogen and oxygen atoms in total. The number of esters is 1. The maximum atomic E-state index is 11.0. The fourth-order valence-corrected chi connectivity index (χ4v) is 1.10. The summed E-state index contributed by atoms with van der Waals surface area (Å²) in [6.07, 6.45) is 0.521. The third kappa shape index (κ3) is 7.63. The van der Waals surface area contributed by atoms with E-state index in [-0.39, 0.29) is 5.97 Å². The van der Waals surface area contributed by atoms with Gasteiger partial charge in [-0.2, -0.15) is 21.6 Å². The van der Waals surface area contributed by atoms with Gasteiger partial charge < -0.3 is 10.5 Å². The van der Waals surface area contributed by atoms with Crippen molar-refractivity contribution in [3.05, 3.63) is 35.9 Å². The van der Waals surface area contributed by atoms with Gasteiger partial charge in [-0.25, -0.2) is 0 Å². The van der Waals surface area contributed by atoms with Crippen LogP contribution in [0.4, 0.5) is 13.2 Å². The summed E-state index contributed by atoms with van der Waals surface area (Å²) < 4.78 is 62.1. The summed E-state index contributed by atoms with van der Waals surface area (Å²) in [6, 6.07) is 9.06. The maximum Gasteiger partial charge on any atom is 0.522 e. The van der Waals surface area contributed by atoms with Gasteiger partial charge in [-0.15, -0.1) is 0 Å². The number of benzene rings is 1. The molecular formula is C11H14F3NO5S. The molecule has 0 aliphatic heterocycles. The van der Waals surface area contributed by atoms with Gasteiger partial charge in [0.1, 0.15) is 6.04 Å². The first-order chi connectivity index (χ1) is 9.49. The molecule has 0 fully saturated rings. The Bertz CT molecular complexity index is 545. The summed E-state index contributed by atoms with van der Waals surface area (Å²) in [4.78, 5) is 11.0. The predicted octanol–water partition coefficient (Wildman–Crippen LogP) is 1.12. The molecule has 0 saturated heterocycles. The van der Waals surface area contributed by atoms with Gasteiger partial charge in [-0.05, 0) is 12.0 Å². The molecule has 1 atom stereocenters. The quantitative estimate of drug-likeness (QED) is 0.489. The van der Waals surface area contributed by atoms with Crippen molar-refractivity contribution in [2.45, 2.75) is 18.0 Å².